The van der Waals surface area contributed by atoms with Gasteiger partial charge in [-0.15, -0.1) is 0 Å². The van der Waals surface area contributed by atoms with Crippen LogP contribution in [0.5, 0.6) is 5.75 Å². The molecule has 5 nitrogen and oxygen atoms in total. The summed E-state index contributed by atoms with van der Waals surface area (Å²) in [5.41, 5.74) is 2.07. The van der Waals surface area contributed by atoms with Gasteiger partial charge < -0.3 is 10.1 Å². The molecule has 38 heavy (non-hydrogen) atoms. The van der Waals surface area contributed by atoms with Crippen molar-refractivity contribution in [3.8, 4) is 5.75 Å². The number of fused-ring (bicyclic) bond motifs is 1. The number of anilines is 2. The highest BCUT2D eigenvalue weighted by Gasteiger charge is 2.50. The number of benzene rings is 3. The third-order valence-electron chi connectivity index (χ3n) is 6.81. The SMILES string of the molecule is CC1(C)CC(=O)C2=C(C1)Nc1ccccc1N(C(=O)C(F)(F)F)C2c1ccc(OCc2ccccc2)cc1. The van der Waals surface area contributed by atoms with Gasteiger partial charge in [0.15, 0.2) is 5.78 Å². The van der Waals surface area contributed by atoms with Crippen molar-refractivity contribution in [1.29, 1.82) is 0 Å². The molecular formula is C30H27F3N2O3. The van der Waals surface area contributed by atoms with Crippen LogP contribution >= 0.6 is 0 Å². The molecule has 1 atom stereocenters. The molecule has 0 aromatic heterocycles. The van der Waals surface area contributed by atoms with E-state index in [1.807, 2.05) is 44.2 Å². The van der Waals surface area contributed by atoms with Gasteiger partial charge in [-0.1, -0.05) is 68.4 Å². The van der Waals surface area contributed by atoms with Crippen molar-refractivity contribution in [3.63, 3.8) is 0 Å². The molecule has 1 unspecified atom stereocenters. The number of Topliss-reactive ketones (excluding diaryl/α,β-unsaturated/α-hetero) is 1. The summed E-state index contributed by atoms with van der Waals surface area (Å²) >= 11 is 0. The van der Waals surface area contributed by atoms with Gasteiger partial charge in [-0.2, -0.15) is 13.2 Å². The van der Waals surface area contributed by atoms with Gasteiger partial charge in [-0.25, -0.2) is 0 Å². The summed E-state index contributed by atoms with van der Waals surface area (Å²) in [5, 5.41) is 3.21. The highest BCUT2D eigenvalue weighted by atomic mass is 19.4. The van der Waals surface area contributed by atoms with Gasteiger partial charge in [0, 0.05) is 17.7 Å². The maximum Gasteiger partial charge on any atom is 0.471 e. The van der Waals surface area contributed by atoms with Crippen LogP contribution in [0.25, 0.3) is 0 Å². The van der Waals surface area contributed by atoms with Gasteiger partial charge in [-0.3, -0.25) is 14.5 Å². The number of hydrogen-bond donors (Lipinski definition) is 1. The second-order valence-electron chi connectivity index (χ2n) is 10.4. The smallest absolute Gasteiger partial charge is 0.471 e. The Bertz CT molecular complexity index is 1400. The molecule has 5 rings (SSSR count). The van der Waals surface area contributed by atoms with Crippen molar-refractivity contribution in [2.45, 2.75) is 45.5 Å². The van der Waals surface area contributed by atoms with Crippen molar-refractivity contribution in [2.75, 3.05) is 10.2 Å². The summed E-state index contributed by atoms with van der Waals surface area (Å²) in [6, 6.07) is 21.2. The van der Waals surface area contributed by atoms with Gasteiger partial charge in [-0.05, 0) is 47.2 Å². The molecule has 0 bridgehead atoms. The lowest BCUT2D eigenvalue weighted by Gasteiger charge is -2.37. The summed E-state index contributed by atoms with van der Waals surface area (Å²) in [6.45, 7) is 4.21. The molecule has 0 fully saturated rings. The third kappa shape index (κ3) is 5.03. The van der Waals surface area contributed by atoms with Crippen molar-refractivity contribution < 1.29 is 27.5 Å². The van der Waals surface area contributed by atoms with E-state index < -0.39 is 18.1 Å². The number of alkyl halides is 3. The third-order valence-corrected chi connectivity index (χ3v) is 6.81. The molecule has 1 N–H and O–H groups in total. The summed E-state index contributed by atoms with van der Waals surface area (Å²) in [5.74, 6) is -1.80. The summed E-state index contributed by atoms with van der Waals surface area (Å²) < 4.78 is 47.8. The molecule has 0 saturated heterocycles. The molecule has 2 aliphatic rings. The monoisotopic (exact) mass is 520 g/mol. The molecule has 3 aromatic rings. The first-order chi connectivity index (χ1) is 18.0. The maximum atomic E-state index is 14.0. The fourth-order valence-corrected chi connectivity index (χ4v) is 5.15. The van der Waals surface area contributed by atoms with E-state index in [4.69, 9.17) is 4.74 Å². The van der Waals surface area contributed by atoms with Crippen LogP contribution in [0.2, 0.25) is 0 Å². The standard InChI is InChI=1S/C30H27F3N2O3/c1-29(2)16-23-26(25(36)17-29)27(20-12-14-21(15-13-20)38-18-19-8-4-3-5-9-19)35(28(37)30(31,32)33)24-11-7-6-10-22(24)34-23/h3-15,27,34H,16-18H2,1-2H3. The largest absolute Gasteiger partial charge is 0.489 e. The maximum absolute atomic E-state index is 14.0. The molecule has 1 aliphatic carbocycles. The predicted molar refractivity (Wildman–Crippen MR) is 139 cm³/mol. The Morgan fingerprint density at radius 1 is 0.974 bits per heavy atom. The summed E-state index contributed by atoms with van der Waals surface area (Å²) in [7, 11) is 0. The number of halogens is 3. The average Bonchev–Trinajstić information content (AvgIpc) is 3.01. The molecule has 1 amide bonds. The average molecular weight is 521 g/mol. The quantitative estimate of drug-likeness (QED) is 0.404. The highest BCUT2D eigenvalue weighted by Crippen LogP contribution is 2.49. The van der Waals surface area contributed by atoms with Gasteiger partial charge in [0.2, 0.25) is 0 Å². The Hall–Kier alpha value is -4.07. The number of nitrogens with one attached hydrogen (secondary N) is 1. The number of allylic oxidation sites excluding steroid dienone is 1. The van der Waals surface area contributed by atoms with E-state index in [1.54, 1.807) is 42.5 Å². The van der Waals surface area contributed by atoms with Gasteiger partial charge in [0.25, 0.3) is 0 Å². The first kappa shape index (κ1) is 25.6. The Labute approximate surface area is 218 Å². The topological polar surface area (TPSA) is 58.6 Å². The molecular weight excluding hydrogens is 493 g/mol. The Morgan fingerprint density at radius 3 is 2.32 bits per heavy atom. The van der Waals surface area contributed by atoms with E-state index in [0.717, 1.165) is 5.56 Å². The van der Waals surface area contributed by atoms with Crippen LogP contribution in [0, 0.1) is 5.41 Å². The number of carbonyl (C=O) groups excluding carboxylic acids is 2. The van der Waals surface area contributed by atoms with Crippen LogP contribution in [0.4, 0.5) is 24.5 Å². The number of nitrogens with zero attached hydrogens (tertiary/aromatic N) is 1. The number of para-hydroxylation sites is 2. The van der Waals surface area contributed by atoms with Gasteiger partial charge in [0.05, 0.1) is 17.4 Å². The van der Waals surface area contributed by atoms with Crippen LogP contribution in [-0.2, 0) is 16.2 Å². The van der Waals surface area contributed by atoms with Gasteiger partial charge >= 0.3 is 12.1 Å². The van der Waals surface area contributed by atoms with Crippen LogP contribution in [0.15, 0.2) is 90.1 Å². The zero-order chi connectivity index (χ0) is 27.1. The van der Waals surface area contributed by atoms with Crippen molar-refractivity contribution in [3.05, 3.63) is 101 Å². The van der Waals surface area contributed by atoms with E-state index >= 15 is 0 Å². The number of rotatable bonds is 4. The molecule has 1 heterocycles. The van der Waals surface area contributed by atoms with Crippen molar-refractivity contribution >= 4 is 23.1 Å². The molecule has 196 valence electrons. The van der Waals surface area contributed by atoms with Crippen LogP contribution in [0.1, 0.15) is 43.9 Å². The zero-order valence-corrected chi connectivity index (χ0v) is 21.0. The molecule has 3 aromatic carbocycles. The van der Waals surface area contributed by atoms with Crippen LogP contribution in [0.3, 0.4) is 0 Å². The number of ketones is 1. The summed E-state index contributed by atoms with van der Waals surface area (Å²) in [4.78, 5) is 27.2. The first-order valence-electron chi connectivity index (χ1n) is 12.3. The minimum absolute atomic E-state index is 0.0595. The second kappa shape index (κ2) is 9.67. The second-order valence-corrected chi connectivity index (χ2v) is 10.4. The molecule has 8 heteroatoms. The minimum Gasteiger partial charge on any atom is -0.489 e. The van der Waals surface area contributed by atoms with E-state index in [1.165, 1.54) is 6.07 Å². The lowest BCUT2D eigenvalue weighted by molar-refractivity contribution is -0.170. The van der Waals surface area contributed by atoms with Gasteiger partial charge in [0.1, 0.15) is 12.4 Å². The number of amides is 1. The lowest BCUT2D eigenvalue weighted by atomic mass is 9.73. The number of hydrogen-bond acceptors (Lipinski definition) is 4. The fraction of sp³-hybridized carbons (Fsp3) is 0.267. The van der Waals surface area contributed by atoms with Crippen molar-refractivity contribution in [2.24, 2.45) is 5.41 Å². The Balaban J connectivity index is 1.61. The molecule has 0 saturated carbocycles. The summed E-state index contributed by atoms with van der Waals surface area (Å²) in [6.07, 6.45) is -4.54. The first-order valence-corrected chi connectivity index (χ1v) is 12.3. The molecule has 1 aliphatic heterocycles. The number of ether oxygens (including phenoxy) is 1. The van der Waals surface area contributed by atoms with Crippen LogP contribution in [-0.4, -0.2) is 17.9 Å². The van der Waals surface area contributed by atoms with E-state index in [-0.39, 0.29) is 28.9 Å². The zero-order valence-electron chi connectivity index (χ0n) is 21.0. The van der Waals surface area contributed by atoms with E-state index in [9.17, 15) is 22.8 Å². The highest BCUT2D eigenvalue weighted by molar-refractivity contribution is 6.07. The predicted octanol–water partition coefficient (Wildman–Crippen LogP) is 6.97. The Kier molecular flexibility index (Phi) is 6.51. The van der Waals surface area contributed by atoms with Crippen LogP contribution < -0.4 is 15.0 Å². The lowest BCUT2D eigenvalue weighted by Crippen LogP contribution is -2.45. The Morgan fingerprint density at radius 2 is 1.63 bits per heavy atom. The minimum atomic E-state index is -5.15. The van der Waals surface area contributed by atoms with Crippen molar-refractivity contribution in [1.82, 2.24) is 0 Å². The fourth-order valence-electron chi connectivity index (χ4n) is 5.15. The van der Waals surface area contributed by atoms with E-state index in [0.29, 0.717) is 40.6 Å². The molecule has 0 radical (unpaired) electrons. The number of carbonyl (C=O) groups is 2. The van der Waals surface area contributed by atoms with E-state index in [2.05, 4.69) is 5.32 Å². The molecule has 0 spiro atoms. The normalized spacial score (nSPS) is 18.7.